The average molecular weight is 227 g/mol. The molecule has 3 unspecified atom stereocenters. The molecule has 16 heavy (non-hydrogen) atoms. The third-order valence-corrected chi connectivity index (χ3v) is 3.35. The maximum Gasteiger partial charge on any atom is 0.307 e. The van der Waals surface area contributed by atoms with Gasteiger partial charge in [0.1, 0.15) is 0 Å². The van der Waals surface area contributed by atoms with Gasteiger partial charge in [-0.15, -0.1) is 0 Å². The second-order valence-electron chi connectivity index (χ2n) is 4.68. The van der Waals surface area contributed by atoms with E-state index < -0.39 is 11.9 Å². The van der Waals surface area contributed by atoms with E-state index in [0.29, 0.717) is 18.9 Å². The number of carboxylic acids is 1. The zero-order valence-corrected chi connectivity index (χ0v) is 10.3. The highest BCUT2D eigenvalue weighted by atomic mass is 16.4. The van der Waals surface area contributed by atoms with Crippen molar-refractivity contribution in [2.75, 3.05) is 13.1 Å². The molecule has 0 aromatic heterocycles. The Balaban J connectivity index is 2.48. The van der Waals surface area contributed by atoms with Gasteiger partial charge in [-0.1, -0.05) is 20.3 Å². The van der Waals surface area contributed by atoms with Crippen LogP contribution in [-0.2, 0) is 9.59 Å². The molecule has 1 saturated carbocycles. The lowest BCUT2D eigenvalue weighted by Gasteiger charge is -2.24. The normalized spacial score (nSPS) is 24.9. The summed E-state index contributed by atoms with van der Waals surface area (Å²) in [4.78, 5) is 24.5. The molecule has 0 saturated heterocycles. The summed E-state index contributed by atoms with van der Waals surface area (Å²) in [7, 11) is 0. The van der Waals surface area contributed by atoms with Crippen molar-refractivity contribution < 1.29 is 14.7 Å². The van der Waals surface area contributed by atoms with Crippen LogP contribution in [0.15, 0.2) is 0 Å². The van der Waals surface area contributed by atoms with Gasteiger partial charge in [-0.2, -0.15) is 0 Å². The molecule has 0 heterocycles. The van der Waals surface area contributed by atoms with E-state index in [1.165, 1.54) is 0 Å². The molecule has 3 atom stereocenters. The maximum atomic E-state index is 12.0. The predicted octanol–water partition coefficient (Wildman–Crippen LogP) is 1.60. The number of nitrogens with zero attached hydrogens (tertiary/aromatic N) is 1. The average Bonchev–Trinajstić information content (AvgIpc) is 3.04. The van der Waals surface area contributed by atoms with Crippen LogP contribution in [0.1, 0.15) is 33.6 Å². The molecule has 92 valence electrons. The molecule has 1 rings (SSSR count). The van der Waals surface area contributed by atoms with Crippen molar-refractivity contribution in [3.8, 4) is 0 Å². The molecule has 1 fully saturated rings. The van der Waals surface area contributed by atoms with Gasteiger partial charge in [0.2, 0.25) is 5.91 Å². The van der Waals surface area contributed by atoms with Crippen LogP contribution >= 0.6 is 0 Å². The third-order valence-electron chi connectivity index (χ3n) is 3.35. The molecule has 1 aliphatic carbocycles. The SMILES string of the molecule is CCC(C)CN(CC)C(=O)C1CC1C(=O)O. The van der Waals surface area contributed by atoms with E-state index in [1.807, 2.05) is 6.92 Å². The number of carboxylic acid groups (broad SMARTS) is 1. The smallest absolute Gasteiger partial charge is 0.307 e. The Morgan fingerprint density at radius 2 is 2.00 bits per heavy atom. The quantitative estimate of drug-likeness (QED) is 0.750. The van der Waals surface area contributed by atoms with Crippen molar-refractivity contribution in [3.63, 3.8) is 0 Å². The van der Waals surface area contributed by atoms with Gasteiger partial charge in [-0.05, 0) is 19.3 Å². The molecule has 1 amide bonds. The molecule has 0 bridgehead atoms. The van der Waals surface area contributed by atoms with Crippen LogP contribution in [0.5, 0.6) is 0 Å². The fourth-order valence-corrected chi connectivity index (χ4v) is 1.86. The molecule has 4 nitrogen and oxygen atoms in total. The molecular formula is C12H21NO3. The Bertz CT molecular complexity index is 277. The first kappa shape index (κ1) is 13.0. The van der Waals surface area contributed by atoms with Crippen LogP contribution in [0.3, 0.4) is 0 Å². The van der Waals surface area contributed by atoms with Crippen LogP contribution in [0.2, 0.25) is 0 Å². The molecule has 0 aromatic carbocycles. The molecule has 0 aliphatic heterocycles. The number of aliphatic carboxylic acids is 1. The van der Waals surface area contributed by atoms with Gasteiger partial charge in [-0.3, -0.25) is 9.59 Å². The minimum absolute atomic E-state index is 0.0233. The first-order valence-corrected chi connectivity index (χ1v) is 6.02. The Morgan fingerprint density at radius 3 is 2.38 bits per heavy atom. The molecule has 4 heteroatoms. The van der Waals surface area contributed by atoms with Gasteiger partial charge >= 0.3 is 5.97 Å². The summed E-state index contributed by atoms with van der Waals surface area (Å²) in [6.07, 6.45) is 1.56. The van der Waals surface area contributed by atoms with Gasteiger partial charge in [0.15, 0.2) is 0 Å². The standard InChI is InChI=1S/C12H21NO3/c1-4-8(3)7-13(5-2)11(14)9-6-10(9)12(15)16/h8-10H,4-7H2,1-3H3,(H,15,16). The first-order valence-electron chi connectivity index (χ1n) is 6.02. The number of carbonyl (C=O) groups excluding carboxylic acids is 1. The summed E-state index contributed by atoms with van der Waals surface area (Å²) in [6.45, 7) is 7.57. The van der Waals surface area contributed by atoms with Crippen molar-refractivity contribution in [2.24, 2.45) is 17.8 Å². The van der Waals surface area contributed by atoms with Crippen molar-refractivity contribution in [1.29, 1.82) is 0 Å². The predicted molar refractivity (Wildman–Crippen MR) is 60.9 cm³/mol. The van der Waals surface area contributed by atoms with Crippen LogP contribution in [0.4, 0.5) is 0 Å². The highest BCUT2D eigenvalue weighted by molar-refractivity contribution is 5.89. The minimum atomic E-state index is -0.835. The van der Waals surface area contributed by atoms with Crippen molar-refractivity contribution in [1.82, 2.24) is 4.90 Å². The monoisotopic (exact) mass is 227 g/mol. The Hall–Kier alpha value is -1.06. The largest absolute Gasteiger partial charge is 0.481 e. The van der Waals surface area contributed by atoms with Gasteiger partial charge in [0.05, 0.1) is 11.8 Å². The summed E-state index contributed by atoms with van der Waals surface area (Å²) < 4.78 is 0. The van der Waals surface area contributed by atoms with Crippen LogP contribution in [0, 0.1) is 17.8 Å². The van der Waals surface area contributed by atoms with E-state index in [1.54, 1.807) is 4.90 Å². The molecule has 0 spiro atoms. The second-order valence-corrected chi connectivity index (χ2v) is 4.68. The van der Waals surface area contributed by atoms with Crippen molar-refractivity contribution in [3.05, 3.63) is 0 Å². The zero-order chi connectivity index (χ0) is 12.3. The van der Waals surface area contributed by atoms with Gasteiger partial charge in [0.25, 0.3) is 0 Å². The maximum absolute atomic E-state index is 12.0. The van der Waals surface area contributed by atoms with E-state index in [2.05, 4.69) is 13.8 Å². The highest BCUT2D eigenvalue weighted by Gasteiger charge is 2.49. The summed E-state index contributed by atoms with van der Waals surface area (Å²) in [5.41, 5.74) is 0. The Labute approximate surface area is 96.6 Å². The molecule has 0 aromatic rings. The second kappa shape index (κ2) is 5.32. The number of carbonyl (C=O) groups is 2. The topological polar surface area (TPSA) is 57.6 Å². The molecule has 1 aliphatic rings. The molecule has 1 N–H and O–H groups in total. The summed E-state index contributed by atoms with van der Waals surface area (Å²) in [5, 5.41) is 8.78. The Morgan fingerprint density at radius 1 is 1.38 bits per heavy atom. The molecular weight excluding hydrogens is 206 g/mol. The van der Waals surface area contributed by atoms with E-state index >= 15 is 0 Å². The van der Waals surface area contributed by atoms with Crippen LogP contribution < -0.4 is 0 Å². The number of hydrogen-bond acceptors (Lipinski definition) is 2. The number of amides is 1. The lowest BCUT2D eigenvalue weighted by molar-refractivity contribution is -0.142. The highest BCUT2D eigenvalue weighted by Crippen LogP contribution is 2.40. The van der Waals surface area contributed by atoms with E-state index in [9.17, 15) is 9.59 Å². The van der Waals surface area contributed by atoms with Gasteiger partial charge < -0.3 is 10.0 Å². The van der Waals surface area contributed by atoms with Gasteiger partial charge in [0, 0.05) is 13.1 Å². The summed E-state index contributed by atoms with van der Waals surface area (Å²) in [6, 6.07) is 0. The van der Waals surface area contributed by atoms with Crippen LogP contribution in [0.25, 0.3) is 0 Å². The minimum Gasteiger partial charge on any atom is -0.481 e. The fourth-order valence-electron chi connectivity index (χ4n) is 1.86. The van der Waals surface area contributed by atoms with E-state index in [4.69, 9.17) is 5.11 Å². The lowest BCUT2D eigenvalue weighted by Crippen LogP contribution is -2.36. The van der Waals surface area contributed by atoms with Gasteiger partial charge in [-0.25, -0.2) is 0 Å². The van der Waals surface area contributed by atoms with Crippen molar-refractivity contribution >= 4 is 11.9 Å². The Kier molecular flexibility index (Phi) is 4.33. The molecule has 0 radical (unpaired) electrons. The van der Waals surface area contributed by atoms with Crippen molar-refractivity contribution in [2.45, 2.75) is 33.6 Å². The van der Waals surface area contributed by atoms with Crippen LogP contribution in [-0.4, -0.2) is 35.0 Å². The number of rotatable bonds is 6. The van der Waals surface area contributed by atoms with E-state index in [-0.39, 0.29) is 11.8 Å². The third kappa shape index (κ3) is 2.97. The van der Waals surface area contributed by atoms with E-state index in [0.717, 1.165) is 13.0 Å². The summed E-state index contributed by atoms with van der Waals surface area (Å²) in [5.74, 6) is -1.03. The fraction of sp³-hybridized carbons (Fsp3) is 0.833. The number of hydrogen-bond donors (Lipinski definition) is 1. The zero-order valence-electron chi connectivity index (χ0n) is 10.3. The lowest BCUT2D eigenvalue weighted by atomic mass is 10.1. The first-order chi connectivity index (χ1) is 7.51. The summed E-state index contributed by atoms with van der Waals surface area (Å²) >= 11 is 0.